The Labute approximate surface area is 177 Å². The Morgan fingerprint density at radius 1 is 1.06 bits per heavy atom. The lowest BCUT2D eigenvalue weighted by Gasteiger charge is -2.11. The molecular formula is C21H12F5N5O. The van der Waals surface area contributed by atoms with Crippen molar-refractivity contribution in [1.82, 2.24) is 14.4 Å². The summed E-state index contributed by atoms with van der Waals surface area (Å²) in [6.45, 7) is -1.60. The van der Waals surface area contributed by atoms with Crippen molar-refractivity contribution in [2.75, 3.05) is 5.32 Å². The number of anilines is 2. The highest BCUT2D eigenvalue weighted by molar-refractivity contribution is 5.69. The molecule has 0 bridgehead atoms. The first kappa shape index (κ1) is 21.0. The molecule has 162 valence electrons. The molecule has 1 aromatic carbocycles. The van der Waals surface area contributed by atoms with Crippen LogP contribution in [0.25, 0.3) is 17.0 Å². The van der Waals surface area contributed by atoms with E-state index in [9.17, 15) is 27.2 Å². The highest BCUT2D eigenvalue weighted by Gasteiger charge is 2.18. The maximum Gasteiger partial charge on any atom is 0.387 e. The topological polar surface area (TPSA) is 75.2 Å². The van der Waals surface area contributed by atoms with Gasteiger partial charge in [0.1, 0.15) is 11.6 Å². The first-order valence-electron chi connectivity index (χ1n) is 9.03. The smallest absolute Gasteiger partial charge is 0.387 e. The van der Waals surface area contributed by atoms with E-state index in [-0.39, 0.29) is 34.1 Å². The summed E-state index contributed by atoms with van der Waals surface area (Å²) in [6, 6.07) is 8.64. The molecule has 0 saturated carbocycles. The van der Waals surface area contributed by atoms with E-state index in [4.69, 9.17) is 0 Å². The van der Waals surface area contributed by atoms with Gasteiger partial charge in [-0.15, -0.1) is 0 Å². The summed E-state index contributed by atoms with van der Waals surface area (Å²) < 4.78 is 71.8. The quantitative estimate of drug-likeness (QED) is 0.420. The van der Waals surface area contributed by atoms with Gasteiger partial charge in [0.25, 0.3) is 0 Å². The molecule has 0 aliphatic carbocycles. The normalized spacial score (nSPS) is 11.1. The number of nitrogens with zero attached hydrogens (tertiary/aromatic N) is 4. The Balaban J connectivity index is 1.77. The largest absolute Gasteiger partial charge is 0.432 e. The van der Waals surface area contributed by atoms with Crippen LogP contribution in [0.15, 0.2) is 42.6 Å². The van der Waals surface area contributed by atoms with Crippen LogP contribution >= 0.6 is 0 Å². The van der Waals surface area contributed by atoms with Gasteiger partial charge in [0.15, 0.2) is 23.0 Å². The summed E-state index contributed by atoms with van der Waals surface area (Å²) in [7, 11) is 0. The molecule has 4 aromatic rings. The van der Waals surface area contributed by atoms with Crippen molar-refractivity contribution in [1.29, 1.82) is 5.26 Å². The van der Waals surface area contributed by atoms with E-state index in [1.165, 1.54) is 22.6 Å². The van der Waals surface area contributed by atoms with E-state index in [1.54, 1.807) is 6.92 Å². The molecule has 0 saturated heterocycles. The Morgan fingerprint density at radius 3 is 2.53 bits per heavy atom. The van der Waals surface area contributed by atoms with Crippen LogP contribution in [0.1, 0.15) is 11.3 Å². The van der Waals surface area contributed by atoms with Crippen LogP contribution in [-0.4, -0.2) is 21.0 Å². The fourth-order valence-electron chi connectivity index (χ4n) is 3.19. The number of aromatic nitrogens is 3. The maximum absolute atomic E-state index is 14.1. The fourth-order valence-corrected chi connectivity index (χ4v) is 3.19. The van der Waals surface area contributed by atoms with Crippen LogP contribution in [0.3, 0.4) is 0 Å². The molecule has 11 heteroatoms. The van der Waals surface area contributed by atoms with E-state index < -0.39 is 29.8 Å². The minimum atomic E-state index is -3.18. The lowest BCUT2D eigenvalue weighted by molar-refractivity contribution is -0.0521. The summed E-state index contributed by atoms with van der Waals surface area (Å²) in [4.78, 5) is 8.45. The predicted molar refractivity (Wildman–Crippen MR) is 104 cm³/mol. The van der Waals surface area contributed by atoms with Gasteiger partial charge < -0.3 is 10.1 Å². The molecule has 0 aliphatic rings. The summed E-state index contributed by atoms with van der Waals surface area (Å²) >= 11 is 0. The minimum absolute atomic E-state index is 0.104. The summed E-state index contributed by atoms with van der Waals surface area (Å²) in [5, 5.41) is 12.2. The second-order valence-corrected chi connectivity index (χ2v) is 6.63. The number of alkyl halides is 2. The van der Waals surface area contributed by atoms with Crippen LogP contribution in [-0.2, 0) is 0 Å². The van der Waals surface area contributed by atoms with Crippen LogP contribution in [0, 0.1) is 35.7 Å². The molecule has 3 aromatic heterocycles. The van der Waals surface area contributed by atoms with Crippen molar-refractivity contribution >= 4 is 17.2 Å². The number of pyridine rings is 2. The molecule has 1 N–H and O–H groups in total. The minimum Gasteiger partial charge on any atom is -0.432 e. The SMILES string of the molecule is Cc1nc2c(F)cc(F)cn2c1-c1cc(C#N)cc(Nc2ccc(OC(F)F)c(F)c2)n1. The molecule has 0 fully saturated rings. The summed E-state index contributed by atoms with van der Waals surface area (Å²) in [5.41, 5.74) is 0.952. The van der Waals surface area contributed by atoms with E-state index in [0.717, 1.165) is 18.3 Å². The average molecular weight is 445 g/mol. The van der Waals surface area contributed by atoms with Gasteiger partial charge in [0.2, 0.25) is 0 Å². The second kappa shape index (κ2) is 8.14. The molecule has 0 atom stereocenters. The summed E-state index contributed by atoms with van der Waals surface area (Å²) in [5.74, 6) is -3.25. The number of nitriles is 1. The van der Waals surface area contributed by atoms with Crippen LogP contribution < -0.4 is 10.1 Å². The molecule has 0 radical (unpaired) electrons. The van der Waals surface area contributed by atoms with Crippen molar-refractivity contribution in [2.24, 2.45) is 0 Å². The molecule has 6 nitrogen and oxygen atoms in total. The number of benzene rings is 1. The zero-order chi connectivity index (χ0) is 23.0. The molecule has 0 unspecified atom stereocenters. The number of halogens is 5. The van der Waals surface area contributed by atoms with E-state index >= 15 is 0 Å². The molecule has 0 spiro atoms. The lowest BCUT2D eigenvalue weighted by Crippen LogP contribution is -2.04. The van der Waals surface area contributed by atoms with Gasteiger partial charge in [-0.05, 0) is 31.2 Å². The third kappa shape index (κ3) is 4.02. The Kier molecular flexibility index (Phi) is 5.36. The first-order chi connectivity index (χ1) is 15.2. The predicted octanol–water partition coefficient (Wildman–Crippen LogP) is 5.34. The van der Waals surface area contributed by atoms with E-state index in [0.29, 0.717) is 11.8 Å². The number of nitrogens with one attached hydrogen (secondary N) is 1. The number of hydrogen-bond acceptors (Lipinski definition) is 5. The van der Waals surface area contributed by atoms with Crippen molar-refractivity contribution < 1.29 is 26.7 Å². The van der Waals surface area contributed by atoms with Crippen LogP contribution in [0.5, 0.6) is 5.75 Å². The highest BCUT2D eigenvalue weighted by atomic mass is 19.3. The number of rotatable bonds is 5. The van der Waals surface area contributed by atoms with Gasteiger partial charge in [0.05, 0.1) is 28.7 Å². The van der Waals surface area contributed by atoms with Gasteiger partial charge in [-0.25, -0.2) is 23.1 Å². The second-order valence-electron chi connectivity index (χ2n) is 6.63. The van der Waals surface area contributed by atoms with Gasteiger partial charge >= 0.3 is 6.61 Å². The fraction of sp³-hybridized carbons (Fsp3) is 0.0952. The third-order valence-electron chi connectivity index (χ3n) is 4.43. The zero-order valence-electron chi connectivity index (χ0n) is 16.2. The van der Waals surface area contributed by atoms with Gasteiger partial charge in [-0.1, -0.05) is 0 Å². The van der Waals surface area contributed by atoms with Crippen molar-refractivity contribution in [3.05, 3.63) is 71.3 Å². The number of fused-ring (bicyclic) bond motifs is 1. The van der Waals surface area contributed by atoms with Crippen LogP contribution in [0.4, 0.5) is 33.5 Å². The van der Waals surface area contributed by atoms with Crippen molar-refractivity contribution in [3.8, 4) is 23.2 Å². The maximum atomic E-state index is 14.1. The molecule has 0 aliphatic heterocycles. The molecule has 32 heavy (non-hydrogen) atoms. The lowest BCUT2D eigenvalue weighted by atomic mass is 10.1. The number of hydrogen-bond donors (Lipinski definition) is 1. The first-order valence-corrected chi connectivity index (χ1v) is 9.03. The summed E-state index contributed by atoms with van der Waals surface area (Å²) in [6.07, 6.45) is 1.04. The number of imidazole rings is 1. The Morgan fingerprint density at radius 2 is 1.84 bits per heavy atom. The number of aryl methyl sites for hydroxylation is 1. The van der Waals surface area contributed by atoms with E-state index in [2.05, 4.69) is 20.0 Å². The highest BCUT2D eigenvalue weighted by Crippen LogP contribution is 2.29. The van der Waals surface area contributed by atoms with E-state index in [1.807, 2.05) is 6.07 Å². The van der Waals surface area contributed by atoms with Gasteiger partial charge in [-0.3, -0.25) is 4.40 Å². The van der Waals surface area contributed by atoms with Gasteiger partial charge in [-0.2, -0.15) is 14.0 Å². The number of ether oxygens (including phenoxy) is 1. The monoisotopic (exact) mass is 445 g/mol. The Hall–Kier alpha value is -4.20. The molecule has 0 amide bonds. The van der Waals surface area contributed by atoms with Crippen molar-refractivity contribution in [2.45, 2.75) is 13.5 Å². The van der Waals surface area contributed by atoms with Crippen molar-refractivity contribution in [3.63, 3.8) is 0 Å². The molecule has 3 heterocycles. The van der Waals surface area contributed by atoms with Gasteiger partial charge in [0, 0.05) is 24.0 Å². The third-order valence-corrected chi connectivity index (χ3v) is 4.43. The molecular weight excluding hydrogens is 433 g/mol. The Bertz CT molecular complexity index is 1380. The van der Waals surface area contributed by atoms with Crippen LogP contribution in [0.2, 0.25) is 0 Å². The zero-order valence-corrected chi connectivity index (χ0v) is 16.2. The standard InChI is InChI=1S/C21H12F5N5O/c1-10-19(31-9-12(22)6-15(24)20(31)28-10)16-4-11(8-27)5-18(30-16)29-13-2-3-17(14(23)7-13)32-21(25)26/h2-7,9,21H,1H3,(H,29,30). The average Bonchev–Trinajstić information content (AvgIpc) is 3.05. The molecule has 4 rings (SSSR count).